The van der Waals surface area contributed by atoms with E-state index in [1.807, 2.05) is 13.8 Å². The first-order valence-electron chi connectivity index (χ1n) is 13.2. The quantitative estimate of drug-likeness (QED) is 0.292. The van der Waals surface area contributed by atoms with Gasteiger partial charge >= 0.3 is 12.1 Å². The fourth-order valence-electron chi connectivity index (χ4n) is 4.30. The molecule has 1 aliphatic rings. The van der Waals surface area contributed by atoms with Gasteiger partial charge in [0.15, 0.2) is 11.5 Å². The molecular weight excluding hydrogens is 492 g/mol. The minimum Gasteiger partial charge on any atom is -0.493 e. The summed E-state index contributed by atoms with van der Waals surface area (Å²) in [6.07, 6.45) is 0.211. The van der Waals surface area contributed by atoms with Gasteiger partial charge < -0.3 is 33.5 Å². The van der Waals surface area contributed by atoms with Crippen LogP contribution >= 0.6 is 0 Å². The second-order valence-electron chi connectivity index (χ2n) is 10.6. The molecule has 2 atom stereocenters. The van der Waals surface area contributed by atoms with Gasteiger partial charge in [0.2, 0.25) is 0 Å². The highest BCUT2D eigenvalue weighted by molar-refractivity contribution is 5.95. The minimum atomic E-state index is -0.660. The lowest BCUT2D eigenvalue weighted by Gasteiger charge is -2.31. The summed E-state index contributed by atoms with van der Waals surface area (Å²) in [7, 11) is 3.18. The van der Waals surface area contributed by atoms with E-state index in [1.54, 1.807) is 65.0 Å². The van der Waals surface area contributed by atoms with Crippen LogP contribution in [0.5, 0.6) is 11.5 Å². The smallest absolute Gasteiger partial charge is 0.410 e. The van der Waals surface area contributed by atoms with Crippen LogP contribution in [-0.2, 0) is 19.0 Å². The molecule has 38 heavy (non-hydrogen) atoms. The fraction of sp³-hybridized carbons (Fsp3) is 0.679. The molecule has 0 bridgehead atoms. The summed E-state index contributed by atoms with van der Waals surface area (Å²) in [4.78, 5) is 42.5. The van der Waals surface area contributed by atoms with Crippen molar-refractivity contribution in [2.75, 3.05) is 53.7 Å². The SMILES string of the molecule is CCOC(=O)[C@@H]1CN(C(=O)OC(C)(C)C)C[C@H]1CN(C(=O)c1ccc(OC)c(OCCCOC)c1)C(C)C. The van der Waals surface area contributed by atoms with Crippen molar-refractivity contribution in [1.29, 1.82) is 0 Å². The predicted octanol–water partition coefficient (Wildman–Crippen LogP) is 4.01. The highest BCUT2D eigenvalue weighted by Crippen LogP contribution is 2.31. The molecule has 1 saturated heterocycles. The van der Waals surface area contributed by atoms with Gasteiger partial charge in [0.1, 0.15) is 5.60 Å². The molecule has 0 spiro atoms. The maximum Gasteiger partial charge on any atom is 0.410 e. The van der Waals surface area contributed by atoms with Crippen molar-refractivity contribution < 1.29 is 38.1 Å². The van der Waals surface area contributed by atoms with Crippen molar-refractivity contribution in [2.24, 2.45) is 11.8 Å². The van der Waals surface area contributed by atoms with Gasteiger partial charge in [-0.1, -0.05) is 0 Å². The molecule has 1 aromatic carbocycles. The third-order valence-electron chi connectivity index (χ3n) is 6.16. The number of esters is 1. The van der Waals surface area contributed by atoms with Crippen LogP contribution in [0.25, 0.3) is 0 Å². The number of nitrogens with zero attached hydrogens (tertiary/aromatic N) is 2. The van der Waals surface area contributed by atoms with Crippen molar-refractivity contribution in [2.45, 2.75) is 59.6 Å². The maximum atomic E-state index is 13.7. The highest BCUT2D eigenvalue weighted by atomic mass is 16.6. The topological polar surface area (TPSA) is 104 Å². The Morgan fingerprint density at radius 3 is 2.37 bits per heavy atom. The average molecular weight is 537 g/mol. The maximum absolute atomic E-state index is 13.7. The number of methoxy groups -OCH3 is 2. The van der Waals surface area contributed by atoms with Crippen molar-refractivity contribution >= 4 is 18.0 Å². The van der Waals surface area contributed by atoms with Crippen LogP contribution in [0.4, 0.5) is 4.79 Å². The second kappa shape index (κ2) is 14.2. The zero-order valence-electron chi connectivity index (χ0n) is 24.1. The molecule has 0 saturated carbocycles. The number of amides is 2. The van der Waals surface area contributed by atoms with Crippen molar-refractivity contribution in [3.8, 4) is 11.5 Å². The number of carbonyl (C=O) groups excluding carboxylic acids is 3. The molecule has 10 nitrogen and oxygen atoms in total. The van der Waals surface area contributed by atoms with E-state index in [-0.39, 0.29) is 50.1 Å². The summed E-state index contributed by atoms with van der Waals surface area (Å²) in [5, 5.41) is 0. The van der Waals surface area contributed by atoms with E-state index >= 15 is 0 Å². The third-order valence-corrected chi connectivity index (χ3v) is 6.16. The zero-order chi connectivity index (χ0) is 28.5. The van der Waals surface area contributed by atoms with Gasteiger partial charge in [-0.15, -0.1) is 0 Å². The number of hydrogen-bond acceptors (Lipinski definition) is 8. The largest absolute Gasteiger partial charge is 0.493 e. The number of rotatable bonds is 12. The van der Waals surface area contributed by atoms with Crippen LogP contribution in [-0.4, -0.2) is 93.1 Å². The second-order valence-corrected chi connectivity index (χ2v) is 10.6. The predicted molar refractivity (Wildman–Crippen MR) is 143 cm³/mol. The summed E-state index contributed by atoms with van der Waals surface area (Å²) in [6.45, 7) is 12.9. The average Bonchev–Trinajstić information content (AvgIpc) is 3.28. The zero-order valence-corrected chi connectivity index (χ0v) is 24.1. The van der Waals surface area contributed by atoms with E-state index in [0.717, 1.165) is 0 Å². The molecular formula is C28H44N2O8. The van der Waals surface area contributed by atoms with Gasteiger partial charge in [-0.3, -0.25) is 9.59 Å². The normalized spacial score (nSPS) is 17.3. The van der Waals surface area contributed by atoms with Crippen LogP contribution in [0.1, 0.15) is 58.3 Å². The molecule has 0 radical (unpaired) electrons. The summed E-state index contributed by atoms with van der Waals surface area (Å²) in [5.74, 6) is -0.456. The van der Waals surface area contributed by atoms with Crippen LogP contribution in [0.2, 0.25) is 0 Å². The molecule has 1 heterocycles. The Hall–Kier alpha value is -3.01. The van der Waals surface area contributed by atoms with Crippen LogP contribution in [0.15, 0.2) is 18.2 Å². The Labute approximate surface area is 226 Å². The van der Waals surface area contributed by atoms with Crippen molar-refractivity contribution in [1.82, 2.24) is 9.80 Å². The van der Waals surface area contributed by atoms with E-state index in [9.17, 15) is 14.4 Å². The van der Waals surface area contributed by atoms with E-state index in [1.165, 1.54) is 4.90 Å². The summed E-state index contributed by atoms with van der Waals surface area (Å²) < 4.78 is 27.2. The first kappa shape index (κ1) is 31.2. The van der Waals surface area contributed by atoms with Gasteiger partial charge in [-0.2, -0.15) is 0 Å². The molecule has 1 aliphatic heterocycles. The number of hydrogen-bond donors (Lipinski definition) is 0. The van der Waals surface area contributed by atoms with Gasteiger partial charge in [0.25, 0.3) is 5.91 Å². The Morgan fingerprint density at radius 2 is 1.79 bits per heavy atom. The summed E-state index contributed by atoms with van der Waals surface area (Å²) in [5.41, 5.74) is -0.220. The van der Waals surface area contributed by atoms with E-state index in [4.69, 9.17) is 23.7 Å². The molecule has 2 rings (SSSR count). The van der Waals surface area contributed by atoms with Crippen LogP contribution in [0, 0.1) is 11.8 Å². The number of likely N-dealkylation sites (tertiary alicyclic amines) is 1. The molecule has 0 aliphatic carbocycles. The Kier molecular flexibility index (Phi) is 11.7. The molecule has 10 heteroatoms. The molecule has 214 valence electrons. The van der Waals surface area contributed by atoms with Crippen molar-refractivity contribution in [3.63, 3.8) is 0 Å². The molecule has 2 amide bonds. The van der Waals surface area contributed by atoms with Gasteiger partial charge in [-0.05, 0) is 59.7 Å². The number of ether oxygens (including phenoxy) is 5. The monoisotopic (exact) mass is 536 g/mol. The van der Waals surface area contributed by atoms with Crippen LogP contribution < -0.4 is 9.47 Å². The Balaban J connectivity index is 2.26. The first-order chi connectivity index (χ1) is 17.9. The third kappa shape index (κ3) is 8.79. The Bertz CT molecular complexity index is 943. The summed E-state index contributed by atoms with van der Waals surface area (Å²) in [6, 6.07) is 4.92. The minimum absolute atomic E-state index is 0.158. The number of benzene rings is 1. The number of carbonyl (C=O) groups is 3. The van der Waals surface area contributed by atoms with E-state index < -0.39 is 17.6 Å². The van der Waals surface area contributed by atoms with Crippen molar-refractivity contribution in [3.05, 3.63) is 23.8 Å². The fourth-order valence-corrected chi connectivity index (χ4v) is 4.30. The highest BCUT2D eigenvalue weighted by Gasteiger charge is 2.43. The van der Waals surface area contributed by atoms with Gasteiger partial charge in [0, 0.05) is 57.3 Å². The standard InChI is InChI=1S/C28H44N2O8/c1-9-36-26(32)22-18-29(27(33)38-28(4,5)6)16-21(22)17-30(19(2)3)25(31)20-11-12-23(35-8)24(15-20)37-14-10-13-34-7/h11-12,15,19,21-22H,9-10,13-14,16-18H2,1-8H3/t21-,22+/m0/s1. The van der Waals surface area contributed by atoms with E-state index in [2.05, 4.69) is 0 Å². The van der Waals surface area contributed by atoms with Gasteiger partial charge in [0.05, 0.1) is 26.2 Å². The Morgan fingerprint density at radius 1 is 1.08 bits per heavy atom. The molecule has 1 fully saturated rings. The first-order valence-corrected chi connectivity index (χ1v) is 13.2. The lowest BCUT2D eigenvalue weighted by atomic mass is 9.94. The molecule has 1 aromatic rings. The lowest BCUT2D eigenvalue weighted by molar-refractivity contribution is -0.149. The van der Waals surface area contributed by atoms with Gasteiger partial charge in [-0.25, -0.2) is 4.79 Å². The van der Waals surface area contributed by atoms with E-state index in [0.29, 0.717) is 36.7 Å². The van der Waals surface area contributed by atoms with Crippen LogP contribution in [0.3, 0.4) is 0 Å². The summed E-state index contributed by atoms with van der Waals surface area (Å²) >= 11 is 0. The molecule has 0 aromatic heterocycles. The lowest BCUT2D eigenvalue weighted by Crippen LogP contribution is -2.43. The molecule has 0 unspecified atom stereocenters. The molecule has 0 N–H and O–H groups in total.